The minimum absolute atomic E-state index is 0.0350. The molecule has 0 N–H and O–H groups in total. The summed E-state index contributed by atoms with van der Waals surface area (Å²) in [5, 5.41) is 3.32. The Hall–Kier alpha value is -1.57. The van der Waals surface area contributed by atoms with Crippen LogP contribution < -0.4 is 0 Å². The second kappa shape index (κ2) is 4.52. The van der Waals surface area contributed by atoms with Crippen molar-refractivity contribution in [3.8, 4) is 0 Å². The van der Waals surface area contributed by atoms with Gasteiger partial charge in [0, 0.05) is 25.2 Å². The van der Waals surface area contributed by atoms with Crippen molar-refractivity contribution >= 4 is 10.2 Å². The van der Waals surface area contributed by atoms with Gasteiger partial charge >= 0.3 is 10.2 Å². The van der Waals surface area contributed by atoms with E-state index in [4.69, 9.17) is 5.53 Å². The zero-order valence-electron chi connectivity index (χ0n) is 9.19. The van der Waals surface area contributed by atoms with Gasteiger partial charge in [-0.05, 0) is 12.5 Å². The molecule has 0 aliphatic carbocycles. The molecular formula is C7H12N6O2S. The van der Waals surface area contributed by atoms with Crippen molar-refractivity contribution < 1.29 is 8.42 Å². The average molecular weight is 244 g/mol. The summed E-state index contributed by atoms with van der Waals surface area (Å²) in [6.45, 7) is 1.61. The van der Waals surface area contributed by atoms with E-state index in [2.05, 4.69) is 15.0 Å². The third kappa shape index (κ3) is 2.32. The minimum Gasteiger partial charge on any atom is -0.237 e. The maximum Gasteiger partial charge on any atom is 0.308 e. The summed E-state index contributed by atoms with van der Waals surface area (Å²) in [7, 11) is -0.694. The molecule has 0 radical (unpaired) electrons. The largest absolute Gasteiger partial charge is 0.308 e. The van der Waals surface area contributed by atoms with Crippen molar-refractivity contribution in [2.45, 2.75) is 13.5 Å². The van der Waals surface area contributed by atoms with Gasteiger partial charge in [0.1, 0.15) is 5.82 Å². The predicted octanol–water partition coefficient (Wildman–Crippen LogP) is 0.656. The van der Waals surface area contributed by atoms with Crippen LogP contribution in [0.2, 0.25) is 0 Å². The topological polar surface area (TPSA) is 104 Å². The number of imidazole rings is 1. The van der Waals surface area contributed by atoms with E-state index in [-0.39, 0.29) is 6.54 Å². The molecule has 0 aromatic carbocycles. The monoisotopic (exact) mass is 244 g/mol. The van der Waals surface area contributed by atoms with Gasteiger partial charge in [0.2, 0.25) is 0 Å². The molecule has 0 saturated heterocycles. The first-order valence-corrected chi connectivity index (χ1v) is 5.78. The number of hydrogen-bond donors (Lipinski definition) is 0. The van der Waals surface area contributed by atoms with Crippen molar-refractivity contribution in [1.82, 2.24) is 13.3 Å². The maximum atomic E-state index is 11.8. The van der Waals surface area contributed by atoms with E-state index in [1.165, 1.54) is 20.3 Å². The molecule has 0 spiro atoms. The molecule has 0 unspecified atom stereocenters. The van der Waals surface area contributed by atoms with Gasteiger partial charge in [0.25, 0.3) is 0 Å². The van der Waals surface area contributed by atoms with E-state index in [1.54, 1.807) is 6.92 Å². The second-order valence-corrected chi connectivity index (χ2v) is 5.27. The molecule has 0 saturated carbocycles. The lowest BCUT2D eigenvalue weighted by molar-refractivity contribution is 0.509. The highest BCUT2D eigenvalue weighted by molar-refractivity contribution is 7.87. The first kappa shape index (κ1) is 12.5. The van der Waals surface area contributed by atoms with Crippen LogP contribution >= 0.6 is 0 Å². The van der Waals surface area contributed by atoms with Crippen molar-refractivity contribution in [3.63, 3.8) is 0 Å². The van der Waals surface area contributed by atoms with Crippen LogP contribution in [0.15, 0.2) is 11.3 Å². The van der Waals surface area contributed by atoms with Gasteiger partial charge in [-0.25, -0.2) is 8.96 Å². The Labute approximate surface area is 93.3 Å². The van der Waals surface area contributed by atoms with Gasteiger partial charge < -0.3 is 0 Å². The first-order chi connectivity index (χ1) is 7.39. The fourth-order valence-corrected chi connectivity index (χ4v) is 2.09. The van der Waals surface area contributed by atoms with Crippen LogP contribution in [0, 0.1) is 6.92 Å². The lowest BCUT2D eigenvalue weighted by atomic mass is 10.5. The Kier molecular flexibility index (Phi) is 3.53. The van der Waals surface area contributed by atoms with E-state index in [9.17, 15) is 8.42 Å². The molecule has 9 heteroatoms. The zero-order chi connectivity index (χ0) is 12.3. The Balaban J connectivity index is 3.17. The van der Waals surface area contributed by atoms with Crippen molar-refractivity contribution in [2.24, 2.45) is 5.11 Å². The summed E-state index contributed by atoms with van der Waals surface area (Å²) in [5.41, 5.74) is 8.57. The SMILES string of the molecule is Cc1nc(CN=[N+]=[N-])cn1S(=O)(=O)N(C)C. The summed E-state index contributed by atoms with van der Waals surface area (Å²) in [4.78, 5) is 6.57. The fraction of sp³-hybridized carbons (Fsp3) is 0.571. The van der Waals surface area contributed by atoms with Gasteiger partial charge in [-0.15, -0.1) is 0 Å². The van der Waals surface area contributed by atoms with Gasteiger partial charge in [-0.2, -0.15) is 12.7 Å². The van der Waals surface area contributed by atoms with Crippen LogP contribution in [0.4, 0.5) is 0 Å². The Morgan fingerprint density at radius 3 is 2.75 bits per heavy atom. The van der Waals surface area contributed by atoms with E-state index in [0.29, 0.717) is 11.5 Å². The third-order valence-corrected chi connectivity index (χ3v) is 3.69. The van der Waals surface area contributed by atoms with Gasteiger partial charge in [-0.3, -0.25) is 0 Å². The van der Waals surface area contributed by atoms with Crippen LogP contribution in [-0.2, 0) is 16.8 Å². The normalized spacial score (nSPS) is 11.5. The van der Waals surface area contributed by atoms with E-state index in [1.807, 2.05) is 0 Å². The number of azide groups is 1. The molecular weight excluding hydrogens is 232 g/mol. The van der Waals surface area contributed by atoms with Crippen LogP contribution in [0.3, 0.4) is 0 Å². The van der Waals surface area contributed by atoms with Gasteiger partial charge in [-0.1, -0.05) is 5.11 Å². The molecule has 0 aliphatic heterocycles. The third-order valence-electron chi connectivity index (χ3n) is 1.90. The Morgan fingerprint density at radius 2 is 2.25 bits per heavy atom. The number of nitrogens with zero attached hydrogens (tertiary/aromatic N) is 6. The molecule has 0 bridgehead atoms. The molecule has 0 atom stereocenters. The molecule has 88 valence electrons. The van der Waals surface area contributed by atoms with Crippen LogP contribution in [0.1, 0.15) is 11.5 Å². The zero-order valence-corrected chi connectivity index (χ0v) is 10.0. The lowest BCUT2D eigenvalue weighted by Crippen LogP contribution is -2.29. The minimum atomic E-state index is -3.56. The molecule has 0 aliphatic rings. The van der Waals surface area contributed by atoms with Crippen molar-refractivity contribution in [2.75, 3.05) is 14.1 Å². The summed E-state index contributed by atoms with van der Waals surface area (Å²) in [6.07, 6.45) is 1.35. The predicted molar refractivity (Wildman–Crippen MR) is 57.8 cm³/mol. The quantitative estimate of drug-likeness (QED) is 0.441. The van der Waals surface area contributed by atoms with E-state index < -0.39 is 10.2 Å². The number of aromatic nitrogens is 2. The highest BCUT2D eigenvalue weighted by Crippen LogP contribution is 2.09. The Morgan fingerprint density at radius 1 is 1.62 bits per heavy atom. The summed E-state index contributed by atoms with van der Waals surface area (Å²) >= 11 is 0. The van der Waals surface area contributed by atoms with E-state index >= 15 is 0 Å². The molecule has 1 aromatic rings. The fourth-order valence-electron chi connectivity index (χ4n) is 1.10. The maximum absolute atomic E-state index is 11.8. The van der Waals surface area contributed by atoms with Crippen LogP contribution in [0.25, 0.3) is 10.4 Å². The second-order valence-electron chi connectivity index (χ2n) is 3.25. The summed E-state index contributed by atoms with van der Waals surface area (Å²) in [6, 6.07) is 0. The molecule has 1 rings (SSSR count). The van der Waals surface area contributed by atoms with Crippen molar-refractivity contribution in [1.29, 1.82) is 0 Å². The smallest absolute Gasteiger partial charge is 0.237 e. The highest BCUT2D eigenvalue weighted by Gasteiger charge is 2.19. The molecule has 8 nitrogen and oxygen atoms in total. The molecule has 16 heavy (non-hydrogen) atoms. The number of rotatable bonds is 4. The highest BCUT2D eigenvalue weighted by atomic mass is 32.2. The van der Waals surface area contributed by atoms with Gasteiger partial charge in [0.15, 0.2) is 0 Å². The summed E-state index contributed by atoms with van der Waals surface area (Å²) in [5.74, 6) is 0.330. The lowest BCUT2D eigenvalue weighted by Gasteiger charge is -2.12. The number of aryl methyl sites for hydroxylation is 1. The molecule has 1 heterocycles. The molecule has 0 fully saturated rings. The van der Waals surface area contributed by atoms with E-state index in [0.717, 1.165) is 8.28 Å². The first-order valence-electron chi connectivity index (χ1n) is 4.38. The van der Waals surface area contributed by atoms with Crippen molar-refractivity contribution in [3.05, 3.63) is 28.2 Å². The Bertz CT molecular complexity index is 525. The van der Waals surface area contributed by atoms with Crippen LogP contribution in [-0.4, -0.2) is 35.8 Å². The standard InChI is InChI=1S/C7H12N6O2S/c1-6-10-7(4-9-11-8)5-13(6)16(14,15)12(2)3/h5H,4H2,1-3H3. The molecule has 1 aromatic heterocycles. The number of hydrogen-bond acceptors (Lipinski definition) is 4. The van der Waals surface area contributed by atoms with Gasteiger partial charge in [0.05, 0.1) is 12.2 Å². The molecule has 0 amide bonds. The average Bonchev–Trinajstić information content (AvgIpc) is 2.57. The van der Waals surface area contributed by atoms with Crippen LogP contribution in [0.5, 0.6) is 0 Å². The summed E-state index contributed by atoms with van der Waals surface area (Å²) < 4.78 is 25.7.